The summed E-state index contributed by atoms with van der Waals surface area (Å²) in [5, 5.41) is 141. The molecule has 420 valence electrons. The summed E-state index contributed by atoms with van der Waals surface area (Å²) in [7, 11) is 0. The third-order valence-electron chi connectivity index (χ3n) is 20.1. The standard InChI is InChI=1S/C50H82O23/c1-19-7-10-50(65-17-19)20(2)32-27(73-50)13-25-23-6-5-21-11-22(12-31(55)49(21,4)24(23)8-9-48(25,32)3)66-45-40(63)37(60)41(30(16-53)69-45)70-47-43(72-44-38(61)33(56)26(54)18-64-44)42(35(58)29(15-52)68-47)71-46-39(62)36(59)34(57)28(14-51)67-46/h19-47,51-63H,5-18H2,1-4H3/t19-,20+,21-,22-,23-,24+,25+,26-,27+,28-,29-,30-,31-,32+,33+,34-,35-,36+,37-,38-,39-,40-,41+,42+,43-,44+,45-,46+,47+,48+,49+,50-/m1/s1. The fourth-order valence-electron chi connectivity index (χ4n) is 15.9. The van der Waals surface area contributed by atoms with Crippen molar-refractivity contribution < 1.29 is 114 Å². The van der Waals surface area contributed by atoms with E-state index in [1.165, 1.54) is 0 Å². The van der Waals surface area contributed by atoms with Crippen LogP contribution in [-0.4, -0.2) is 240 Å². The molecule has 23 heteroatoms. The summed E-state index contributed by atoms with van der Waals surface area (Å²) >= 11 is 0. The van der Waals surface area contributed by atoms with Gasteiger partial charge in [0, 0.05) is 18.8 Å². The van der Waals surface area contributed by atoms with E-state index in [2.05, 4.69) is 27.7 Å². The molecule has 23 nitrogen and oxygen atoms in total. The molecule has 0 aromatic carbocycles. The highest BCUT2D eigenvalue weighted by Crippen LogP contribution is 2.71. The van der Waals surface area contributed by atoms with E-state index < -0.39 is 167 Å². The SMILES string of the molecule is C[C@@H]1CC[C@@]2(OC1)O[C@H]1C[C@H]3[C@@H]4CC[C@@H]5C[C@@H](O[C@@H]6O[C@H](CO)[C@H](O[C@@H]7O[C@H](CO)[C@@H](O)[C@H](O[C@@H]8O[C@H](CO)[C@@H](O)[C@H](O)[C@H]8O)[C@H]7O[C@@H]7OC[C@@H](O)[C@H](O)[C@H]7O)[C@H](O)[C@H]6O)C[C@@H](O)[C@]5(C)[C@H]4CC[C@]3(C)[C@H]1[C@@H]2C. The summed E-state index contributed by atoms with van der Waals surface area (Å²) in [6.07, 6.45) is -26.9. The van der Waals surface area contributed by atoms with Crippen molar-refractivity contribution in [2.75, 3.05) is 33.0 Å². The molecule has 6 saturated heterocycles. The molecule has 13 N–H and O–H groups in total. The normalized spacial score (nSPS) is 58.2. The van der Waals surface area contributed by atoms with E-state index in [1.54, 1.807) is 0 Å². The van der Waals surface area contributed by atoms with Crippen LogP contribution in [0.4, 0.5) is 0 Å². The number of ether oxygens (including phenoxy) is 10. The second-order valence-electron chi connectivity index (χ2n) is 24.0. The second-order valence-corrected chi connectivity index (χ2v) is 24.0. The van der Waals surface area contributed by atoms with Gasteiger partial charge in [-0.1, -0.05) is 27.7 Å². The zero-order chi connectivity index (χ0) is 52.2. The van der Waals surface area contributed by atoms with Crippen molar-refractivity contribution in [2.24, 2.45) is 52.3 Å². The van der Waals surface area contributed by atoms with Crippen LogP contribution < -0.4 is 0 Å². The Bertz CT molecular complexity index is 1860. The van der Waals surface area contributed by atoms with Gasteiger partial charge in [-0.25, -0.2) is 0 Å². The van der Waals surface area contributed by atoms with Crippen molar-refractivity contribution in [1.29, 1.82) is 0 Å². The number of aliphatic hydroxyl groups excluding tert-OH is 13. The first kappa shape index (κ1) is 55.4. The Balaban J connectivity index is 0.821. The molecule has 0 radical (unpaired) electrons. The quantitative estimate of drug-likeness (QED) is 0.0902. The number of aliphatic hydroxyl groups is 13. The Morgan fingerprint density at radius 3 is 1.86 bits per heavy atom. The van der Waals surface area contributed by atoms with Crippen LogP contribution in [0, 0.1) is 52.3 Å². The Kier molecular flexibility index (Phi) is 16.1. The topological polar surface area (TPSA) is 355 Å². The Hall–Kier alpha value is -0.920. The molecule has 4 aliphatic carbocycles. The van der Waals surface area contributed by atoms with E-state index in [-0.39, 0.29) is 23.9 Å². The monoisotopic (exact) mass is 1050 g/mol. The lowest BCUT2D eigenvalue weighted by atomic mass is 9.43. The third-order valence-corrected chi connectivity index (χ3v) is 20.1. The molecule has 10 fully saturated rings. The zero-order valence-corrected chi connectivity index (χ0v) is 42.0. The van der Waals surface area contributed by atoms with E-state index in [0.717, 1.165) is 51.6 Å². The van der Waals surface area contributed by atoms with Gasteiger partial charge in [0.05, 0.1) is 51.3 Å². The first-order valence-electron chi connectivity index (χ1n) is 26.8. The van der Waals surface area contributed by atoms with E-state index in [1.807, 2.05) is 0 Å². The van der Waals surface area contributed by atoms with Crippen LogP contribution in [0.2, 0.25) is 0 Å². The van der Waals surface area contributed by atoms with E-state index in [4.69, 9.17) is 47.4 Å². The predicted octanol–water partition coefficient (Wildman–Crippen LogP) is -3.30. The number of fused-ring (bicyclic) bond motifs is 7. The lowest BCUT2D eigenvalue weighted by molar-refractivity contribution is -0.403. The molecule has 10 rings (SSSR count). The molecular weight excluding hydrogens is 969 g/mol. The molecule has 6 heterocycles. The summed E-state index contributed by atoms with van der Waals surface area (Å²) in [5.74, 6) is 2.03. The third kappa shape index (κ3) is 9.39. The molecule has 4 saturated carbocycles. The Morgan fingerprint density at radius 2 is 1.16 bits per heavy atom. The molecule has 0 aromatic heterocycles. The number of hydrogen-bond donors (Lipinski definition) is 13. The summed E-state index contributed by atoms with van der Waals surface area (Å²) in [6.45, 7) is 6.93. The number of hydrogen-bond acceptors (Lipinski definition) is 23. The molecule has 0 unspecified atom stereocenters. The lowest BCUT2D eigenvalue weighted by Gasteiger charge is -2.62. The fraction of sp³-hybridized carbons (Fsp3) is 1.00. The molecule has 0 amide bonds. The van der Waals surface area contributed by atoms with Crippen LogP contribution in [0.25, 0.3) is 0 Å². The van der Waals surface area contributed by atoms with Gasteiger partial charge < -0.3 is 114 Å². The van der Waals surface area contributed by atoms with Gasteiger partial charge in [0.25, 0.3) is 0 Å². The molecule has 10 aliphatic rings. The van der Waals surface area contributed by atoms with E-state index in [9.17, 15) is 66.4 Å². The number of rotatable bonds is 11. The average molecular weight is 1050 g/mol. The molecule has 32 atom stereocenters. The lowest BCUT2D eigenvalue weighted by Crippen LogP contribution is -2.68. The summed E-state index contributed by atoms with van der Waals surface area (Å²) < 4.78 is 61.2. The average Bonchev–Trinajstić information content (AvgIpc) is 3.82. The van der Waals surface area contributed by atoms with Gasteiger partial charge in [-0.3, -0.25) is 0 Å². The fourth-order valence-corrected chi connectivity index (χ4v) is 15.9. The predicted molar refractivity (Wildman–Crippen MR) is 244 cm³/mol. The highest BCUT2D eigenvalue weighted by Gasteiger charge is 2.70. The minimum Gasteiger partial charge on any atom is -0.394 e. The van der Waals surface area contributed by atoms with Gasteiger partial charge in [-0.15, -0.1) is 0 Å². The smallest absolute Gasteiger partial charge is 0.187 e. The maximum absolute atomic E-state index is 12.3. The van der Waals surface area contributed by atoms with Crippen LogP contribution in [0.5, 0.6) is 0 Å². The van der Waals surface area contributed by atoms with Crippen LogP contribution >= 0.6 is 0 Å². The van der Waals surface area contributed by atoms with E-state index in [0.29, 0.717) is 41.9 Å². The van der Waals surface area contributed by atoms with Crippen molar-refractivity contribution >= 4 is 0 Å². The zero-order valence-electron chi connectivity index (χ0n) is 42.0. The summed E-state index contributed by atoms with van der Waals surface area (Å²) in [5.41, 5.74) is -0.283. The first-order chi connectivity index (χ1) is 34.7. The van der Waals surface area contributed by atoms with Crippen LogP contribution in [-0.2, 0) is 47.4 Å². The van der Waals surface area contributed by atoms with Gasteiger partial charge in [0.2, 0.25) is 0 Å². The summed E-state index contributed by atoms with van der Waals surface area (Å²) in [6, 6.07) is 0. The highest BCUT2D eigenvalue weighted by molar-refractivity contribution is 5.16. The van der Waals surface area contributed by atoms with Crippen molar-refractivity contribution in [3.05, 3.63) is 0 Å². The van der Waals surface area contributed by atoms with E-state index >= 15 is 0 Å². The van der Waals surface area contributed by atoms with Crippen LogP contribution in [0.15, 0.2) is 0 Å². The first-order valence-corrected chi connectivity index (χ1v) is 26.8. The molecule has 73 heavy (non-hydrogen) atoms. The second kappa shape index (κ2) is 21.3. The van der Waals surface area contributed by atoms with Crippen LogP contribution in [0.1, 0.15) is 85.5 Å². The summed E-state index contributed by atoms with van der Waals surface area (Å²) in [4.78, 5) is 0. The van der Waals surface area contributed by atoms with Crippen molar-refractivity contribution in [3.8, 4) is 0 Å². The van der Waals surface area contributed by atoms with Crippen LogP contribution in [0.3, 0.4) is 0 Å². The molecular formula is C50H82O23. The van der Waals surface area contributed by atoms with Gasteiger partial charge >= 0.3 is 0 Å². The molecule has 0 bridgehead atoms. The maximum Gasteiger partial charge on any atom is 0.187 e. The van der Waals surface area contributed by atoms with Gasteiger partial charge in [-0.2, -0.15) is 0 Å². The van der Waals surface area contributed by atoms with Crippen molar-refractivity contribution in [2.45, 2.75) is 226 Å². The van der Waals surface area contributed by atoms with Crippen molar-refractivity contribution in [3.63, 3.8) is 0 Å². The van der Waals surface area contributed by atoms with Gasteiger partial charge in [0.15, 0.2) is 30.9 Å². The Labute approximate surface area is 424 Å². The minimum atomic E-state index is -1.99. The van der Waals surface area contributed by atoms with Gasteiger partial charge in [-0.05, 0) is 91.3 Å². The largest absolute Gasteiger partial charge is 0.394 e. The Morgan fingerprint density at radius 1 is 0.534 bits per heavy atom. The molecule has 1 spiro atoms. The van der Waals surface area contributed by atoms with Gasteiger partial charge in [0.1, 0.15) is 91.6 Å². The maximum atomic E-state index is 12.3. The van der Waals surface area contributed by atoms with Crippen molar-refractivity contribution in [1.82, 2.24) is 0 Å². The minimum absolute atomic E-state index is 0.0867. The molecule has 6 aliphatic heterocycles. The highest BCUT2D eigenvalue weighted by atomic mass is 16.8. The molecule has 0 aromatic rings.